The second-order valence-corrected chi connectivity index (χ2v) is 7.49. The number of aryl methyl sites for hydroxylation is 2. The Morgan fingerprint density at radius 3 is 2.89 bits per heavy atom. The summed E-state index contributed by atoms with van der Waals surface area (Å²) in [5.41, 5.74) is 1.53. The van der Waals surface area contributed by atoms with Crippen LogP contribution in [0.5, 0.6) is 0 Å². The second-order valence-electron chi connectivity index (χ2n) is 4.61. The van der Waals surface area contributed by atoms with Crippen molar-refractivity contribution in [3.05, 3.63) is 33.3 Å². The fourth-order valence-electron chi connectivity index (χ4n) is 2.40. The van der Waals surface area contributed by atoms with E-state index in [4.69, 9.17) is 4.52 Å². The Kier molecular flexibility index (Phi) is 2.99. The molecule has 3 rings (SSSR count). The predicted molar refractivity (Wildman–Crippen MR) is 71.6 cm³/mol. The summed E-state index contributed by atoms with van der Waals surface area (Å²) in [4.78, 5) is 1.50. The number of rotatable bonds is 2. The maximum Gasteiger partial charge on any atom is 0.248 e. The average molecular weight is 298 g/mol. The van der Waals surface area contributed by atoms with Crippen molar-refractivity contribution in [3.63, 3.8) is 0 Å². The van der Waals surface area contributed by atoms with Crippen LogP contribution in [0.2, 0.25) is 0 Å². The molecule has 0 radical (unpaired) electrons. The summed E-state index contributed by atoms with van der Waals surface area (Å²) in [5.74, 6) is 0.355. The van der Waals surface area contributed by atoms with Crippen molar-refractivity contribution in [1.82, 2.24) is 9.46 Å². The summed E-state index contributed by atoms with van der Waals surface area (Å²) in [6, 6.07) is 2.00. The Morgan fingerprint density at radius 1 is 1.42 bits per heavy atom. The van der Waals surface area contributed by atoms with Crippen LogP contribution in [0.25, 0.3) is 0 Å². The zero-order valence-corrected chi connectivity index (χ0v) is 12.3. The molecule has 0 N–H and O–H groups in total. The van der Waals surface area contributed by atoms with Gasteiger partial charge in [0.1, 0.15) is 10.6 Å². The van der Waals surface area contributed by atoms with Crippen LogP contribution >= 0.6 is 11.3 Å². The van der Waals surface area contributed by atoms with Gasteiger partial charge < -0.3 is 4.52 Å². The van der Waals surface area contributed by atoms with E-state index >= 15 is 0 Å². The van der Waals surface area contributed by atoms with Crippen molar-refractivity contribution in [2.45, 2.75) is 31.7 Å². The molecule has 7 heteroatoms. The van der Waals surface area contributed by atoms with Crippen LogP contribution in [0.15, 0.2) is 20.9 Å². The molecule has 0 saturated carbocycles. The van der Waals surface area contributed by atoms with Crippen LogP contribution in [-0.2, 0) is 23.0 Å². The van der Waals surface area contributed by atoms with Gasteiger partial charge in [-0.05, 0) is 37.3 Å². The van der Waals surface area contributed by atoms with Crippen molar-refractivity contribution >= 4 is 21.4 Å². The Hall–Kier alpha value is -1.18. The third-order valence-corrected chi connectivity index (χ3v) is 6.45. The molecular formula is C12H14N2O3S2. The van der Waals surface area contributed by atoms with Crippen molar-refractivity contribution < 1.29 is 12.9 Å². The topological polar surface area (TPSA) is 63.4 Å². The van der Waals surface area contributed by atoms with Crippen LogP contribution in [0.4, 0.5) is 0 Å². The quantitative estimate of drug-likeness (QED) is 0.851. The van der Waals surface area contributed by atoms with E-state index in [2.05, 4.69) is 5.16 Å². The summed E-state index contributed by atoms with van der Waals surface area (Å²) in [6.45, 7) is 4.24. The minimum absolute atomic E-state index is 0.214. The molecule has 3 heterocycles. The van der Waals surface area contributed by atoms with Gasteiger partial charge in [0.2, 0.25) is 10.0 Å². The largest absolute Gasteiger partial charge is 0.360 e. The van der Waals surface area contributed by atoms with Crippen molar-refractivity contribution in [2.75, 3.05) is 6.54 Å². The molecule has 0 aliphatic carbocycles. The lowest BCUT2D eigenvalue weighted by Gasteiger charge is -2.25. The molecule has 102 valence electrons. The average Bonchev–Trinajstić information content (AvgIpc) is 2.95. The zero-order chi connectivity index (χ0) is 13.6. The monoisotopic (exact) mass is 298 g/mol. The number of hydrogen-bond donors (Lipinski definition) is 0. The van der Waals surface area contributed by atoms with Gasteiger partial charge in [-0.2, -0.15) is 4.31 Å². The first kappa shape index (κ1) is 12.8. The Balaban J connectivity index is 1.99. The Morgan fingerprint density at radius 2 is 2.21 bits per heavy atom. The number of aromatic nitrogens is 1. The summed E-state index contributed by atoms with van der Waals surface area (Å²) in [5, 5.41) is 5.74. The van der Waals surface area contributed by atoms with E-state index in [0.29, 0.717) is 24.5 Å². The highest BCUT2D eigenvalue weighted by Gasteiger charge is 2.33. The Labute approximate surface area is 115 Å². The number of nitrogens with zero attached hydrogens (tertiary/aromatic N) is 2. The molecule has 5 nitrogen and oxygen atoms in total. The van der Waals surface area contributed by atoms with Crippen LogP contribution in [0.1, 0.15) is 21.9 Å². The molecule has 0 atom stereocenters. The van der Waals surface area contributed by atoms with Crippen molar-refractivity contribution in [1.29, 1.82) is 0 Å². The van der Waals surface area contributed by atoms with Gasteiger partial charge in [0.15, 0.2) is 5.76 Å². The highest BCUT2D eigenvalue weighted by molar-refractivity contribution is 7.89. The molecular weight excluding hydrogens is 284 g/mol. The van der Waals surface area contributed by atoms with E-state index in [1.807, 2.05) is 11.4 Å². The normalized spacial score (nSPS) is 16.5. The molecule has 1 aliphatic heterocycles. The minimum Gasteiger partial charge on any atom is -0.360 e. The molecule has 0 unspecified atom stereocenters. The maximum atomic E-state index is 12.7. The highest BCUT2D eigenvalue weighted by atomic mass is 32.2. The predicted octanol–water partition coefficient (Wildman–Crippen LogP) is 2.10. The van der Waals surface area contributed by atoms with Gasteiger partial charge in [0.25, 0.3) is 0 Å². The maximum absolute atomic E-state index is 12.7. The zero-order valence-electron chi connectivity index (χ0n) is 10.7. The SMILES string of the molecule is Cc1noc(C)c1S(=O)(=O)N1CCc2sccc2C1. The van der Waals surface area contributed by atoms with Crippen LogP contribution in [-0.4, -0.2) is 24.4 Å². The van der Waals surface area contributed by atoms with Gasteiger partial charge in [-0.15, -0.1) is 11.3 Å². The van der Waals surface area contributed by atoms with Crippen molar-refractivity contribution in [3.8, 4) is 0 Å². The van der Waals surface area contributed by atoms with E-state index in [1.165, 1.54) is 9.18 Å². The van der Waals surface area contributed by atoms with Crippen LogP contribution in [0, 0.1) is 13.8 Å². The van der Waals surface area contributed by atoms with Gasteiger partial charge in [0.05, 0.1) is 0 Å². The summed E-state index contributed by atoms with van der Waals surface area (Å²) < 4.78 is 31.8. The minimum atomic E-state index is -3.52. The first-order chi connectivity index (χ1) is 9.00. The van der Waals surface area contributed by atoms with Gasteiger partial charge in [0, 0.05) is 18.0 Å². The van der Waals surface area contributed by atoms with Gasteiger partial charge >= 0.3 is 0 Å². The van der Waals surface area contributed by atoms with Crippen molar-refractivity contribution in [2.24, 2.45) is 0 Å². The molecule has 0 bridgehead atoms. The highest BCUT2D eigenvalue weighted by Crippen LogP contribution is 2.30. The molecule has 2 aromatic rings. The van der Waals surface area contributed by atoms with E-state index in [-0.39, 0.29) is 4.90 Å². The molecule has 1 aliphatic rings. The third-order valence-electron chi connectivity index (χ3n) is 3.34. The number of fused-ring (bicyclic) bond motifs is 1. The van der Waals surface area contributed by atoms with Crippen LogP contribution < -0.4 is 0 Å². The van der Waals surface area contributed by atoms with Crippen LogP contribution in [0.3, 0.4) is 0 Å². The van der Waals surface area contributed by atoms with Gasteiger partial charge in [-0.1, -0.05) is 5.16 Å². The fourth-order valence-corrected chi connectivity index (χ4v) is 5.00. The Bertz CT molecular complexity index is 696. The van der Waals surface area contributed by atoms with Gasteiger partial charge in [-0.25, -0.2) is 8.42 Å². The summed E-state index contributed by atoms with van der Waals surface area (Å²) in [7, 11) is -3.52. The van der Waals surface area contributed by atoms with E-state index in [0.717, 1.165) is 12.0 Å². The number of hydrogen-bond acceptors (Lipinski definition) is 5. The molecule has 2 aromatic heterocycles. The van der Waals surface area contributed by atoms with Gasteiger partial charge in [-0.3, -0.25) is 0 Å². The fraction of sp³-hybridized carbons (Fsp3) is 0.417. The smallest absolute Gasteiger partial charge is 0.248 e. The molecule has 19 heavy (non-hydrogen) atoms. The second kappa shape index (κ2) is 4.43. The lowest BCUT2D eigenvalue weighted by molar-refractivity contribution is 0.383. The molecule has 0 aromatic carbocycles. The molecule has 0 amide bonds. The van der Waals surface area contributed by atoms with E-state index in [9.17, 15) is 8.42 Å². The summed E-state index contributed by atoms with van der Waals surface area (Å²) >= 11 is 1.69. The first-order valence-electron chi connectivity index (χ1n) is 5.98. The lowest BCUT2D eigenvalue weighted by Crippen LogP contribution is -2.35. The molecule has 0 spiro atoms. The molecule has 0 saturated heterocycles. The third kappa shape index (κ3) is 2.01. The standard InChI is InChI=1S/C12H14N2O3S2/c1-8-12(9(2)17-13-8)19(15,16)14-5-3-11-10(7-14)4-6-18-11/h4,6H,3,5,7H2,1-2H3. The number of thiophene rings is 1. The first-order valence-corrected chi connectivity index (χ1v) is 8.30. The lowest BCUT2D eigenvalue weighted by atomic mass is 10.1. The number of sulfonamides is 1. The van der Waals surface area contributed by atoms with E-state index < -0.39 is 10.0 Å². The molecule has 0 fully saturated rings. The summed E-state index contributed by atoms with van der Waals surface area (Å²) in [6.07, 6.45) is 0.773. The van der Waals surface area contributed by atoms with E-state index in [1.54, 1.807) is 25.2 Å².